The summed E-state index contributed by atoms with van der Waals surface area (Å²) in [4.78, 5) is 0. The van der Waals surface area contributed by atoms with Gasteiger partial charge in [-0.15, -0.1) is 0 Å². The Balaban J connectivity index is 2.23. The van der Waals surface area contributed by atoms with E-state index in [0.29, 0.717) is 5.92 Å². The van der Waals surface area contributed by atoms with Crippen molar-refractivity contribution in [3.05, 3.63) is 0 Å². The fourth-order valence-corrected chi connectivity index (χ4v) is 1.48. The highest BCUT2D eigenvalue weighted by Crippen LogP contribution is 2.24. The monoisotopic (exact) mass is 129 g/mol. The van der Waals surface area contributed by atoms with Crippen molar-refractivity contribution >= 4 is 0 Å². The normalized spacial score (nSPS) is 26.0. The van der Waals surface area contributed by atoms with Crippen LogP contribution < -0.4 is 5.73 Å². The summed E-state index contributed by atoms with van der Waals surface area (Å²) < 4.78 is 0. The Morgan fingerprint density at radius 3 is 2.11 bits per heavy atom. The maximum absolute atomic E-state index is 8.95. The van der Waals surface area contributed by atoms with E-state index in [2.05, 4.69) is 0 Å². The highest BCUT2D eigenvalue weighted by Gasteiger charge is 2.17. The van der Waals surface area contributed by atoms with Crippen LogP contribution in [0.15, 0.2) is 0 Å². The van der Waals surface area contributed by atoms with Crippen molar-refractivity contribution in [2.24, 2.45) is 11.7 Å². The van der Waals surface area contributed by atoms with Crippen LogP contribution in [0.4, 0.5) is 0 Å². The summed E-state index contributed by atoms with van der Waals surface area (Å²) >= 11 is 0. The van der Waals surface area contributed by atoms with E-state index < -0.39 is 6.23 Å². The van der Waals surface area contributed by atoms with Crippen LogP contribution in [0.25, 0.3) is 0 Å². The van der Waals surface area contributed by atoms with E-state index >= 15 is 0 Å². The number of hydrogen-bond donors (Lipinski definition) is 2. The SMILES string of the molecule is N[C@H](O)C1CCCCC1. The number of rotatable bonds is 1. The van der Waals surface area contributed by atoms with E-state index in [-0.39, 0.29) is 0 Å². The summed E-state index contributed by atoms with van der Waals surface area (Å²) in [5.74, 6) is 0.388. The molecule has 3 N–H and O–H groups in total. The van der Waals surface area contributed by atoms with E-state index in [9.17, 15) is 0 Å². The van der Waals surface area contributed by atoms with Crippen LogP contribution in [0, 0.1) is 5.92 Å². The minimum Gasteiger partial charge on any atom is -0.379 e. The molecule has 1 rings (SSSR count). The van der Waals surface area contributed by atoms with Gasteiger partial charge >= 0.3 is 0 Å². The van der Waals surface area contributed by atoms with Crippen molar-refractivity contribution in [2.45, 2.75) is 38.3 Å². The molecule has 1 fully saturated rings. The van der Waals surface area contributed by atoms with E-state index in [4.69, 9.17) is 10.8 Å². The lowest BCUT2D eigenvalue weighted by atomic mass is 9.88. The van der Waals surface area contributed by atoms with Gasteiger partial charge in [0.05, 0.1) is 0 Å². The van der Waals surface area contributed by atoms with Gasteiger partial charge in [0.25, 0.3) is 0 Å². The molecule has 1 aliphatic carbocycles. The van der Waals surface area contributed by atoms with Gasteiger partial charge in [0.1, 0.15) is 6.23 Å². The topological polar surface area (TPSA) is 46.2 Å². The number of aliphatic hydroxyl groups is 1. The molecule has 0 unspecified atom stereocenters. The minimum atomic E-state index is -0.565. The molecule has 0 radical (unpaired) electrons. The van der Waals surface area contributed by atoms with Gasteiger partial charge < -0.3 is 10.8 Å². The van der Waals surface area contributed by atoms with E-state index in [0.717, 1.165) is 12.8 Å². The molecule has 2 nitrogen and oxygen atoms in total. The molecule has 1 aliphatic rings. The molecule has 54 valence electrons. The average molecular weight is 129 g/mol. The average Bonchev–Trinajstić information content (AvgIpc) is 1.90. The van der Waals surface area contributed by atoms with Crippen LogP contribution in [0.1, 0.15) is 32.1 Å². The Kier molecular flexibility index (Phi) is 2.49. The van der Waals surface area contributed by atoms with Gasteiger partial charge in [-0.2, -0.15) is 0 Å². The molecule has 0 bridgehead atoms. The van der Waals surface area contributed by atoms with Crippen LogP contribution in [0.5, 0.6) is 0 Å². The molecule has 0 aromatic heterocycles. The van der Waals surface area contributed by atoms with Crippen LogP contribution >= 0.6 is 0 Å². The van der Waals surface area contributed by atoms with Crippen molar-refractivity contribution in [3.8, 4) is 0 Å². The molecule has 0 aliphatic heterocycles. The third-order valence-electron chi connectivity index (χ3n) is 2.13. The maximum atomic E-state index is 8.95. The van der Waals surface area contributed by atoms with Crippen LogP contribution in [0.3, 0.4) is 0 Å². The van der Waals surface area contributed by atoms with E-state index in [1.54, 1.807) is 0 Å². The molecule has 0 aromatic rings. The second-order valence-electron chi connectivity index (χ2n) is 2.89. The summed E-state index contributed by atoms with van der Waals surface area (Å²) in [5.41, 5.74) is 5.32. The smallest absolute Gasteiger partial charge is 0.105 e. The van der Waals surface area contributed by atoms with E-state index in [1.807, 2.05) is 0 Å². The third-order valence-corrected chi connectivity index (χ3v) is 2.13. The summed E-state index contributed by atoms with van der Waals surface area (Å²) in [5, 5.41) is 8.95. The summed E-state index contributed by atoms with van der Waals surface area (Å²) in [7, 11) is 0. The van der Waals surface area contributed by atoms with Gasteiger partial charge in [-0.1, -0.05) is 19.3 Å². The first kappa shape index (κ1) is 7.03. The fourth-order valence-electron chi connectivity index (χ4n) is 1.48. The van der Waals surface area contributed by atoms with E-state index in [1.165, 1.54) is 19.3 Å². The zero-order valence-electron chi connectivity index (χ0n) is 5.71. The standard InChI is InChI=1S/C7H15NO/c8-7(9)6-4-2-1-3-5-6/h6-7,9H,1-5,8H2/t7-/m1/s1. The first-order valence-corrected chi connectivity index (χ1v) is 3.74. The molecule has 0 saturated heterocycles. The predicted octanol–water partition coefficient (Wildman–Crippen LogP) is 0.844. The largest absolute Gasteiger partial charge is 0.379 e. The second-order valence-corrected chi connectivity index (χ2v) is 2.89. The summed E-state index contributed by atoms with van der Waals surface area (Å²) in [6.07, 6.45) is 5.50. The molecule has 1 saturated carbocycles. The van der Waals surface area contributed by atoms with Gasteiger partial charge in [-0.05, 0) is 18.8 Å². The lowest BCUT2D eigenvalue weighted by molar-refractivity contribution is 0.0906. The molecule has 0 amide bonds. The summed E-state index contributed by atoms with van der Waals surface area (Å²) in [6.45, 7) is 0. The van der Waals surface area contributed by atoms with Crippen LogP contribution in [-0.4, -0.2) is 11.3 Å². The fraction of sp³-hybridized carbons (Fsp3) is 1.00. The Morgan fingerprint density at radius 2 is 1.78 bits per heavy atom. The predicted molar refractivity (Wildman–Crippen MR) is 36.8 cm³/mol. The first-order valence-electron chi connectivity index (χ1n) is 3.74. The molecule has 2 heteroatoms. The van der Waals surface area contributed by atoms with Crippen LogP contribution in [-0.2, 0) is 0 Å². The molecule has 1 atom stereocenters. The highest BCUT2D eigenvalue weighted by atomic mass is 16.3. The van der Waals surface area contributed by atoms with Gasteiger partial charge in [-0.25, -0.2) is 0 Å². The molecule has 0 heterocycles. The summed E-state index contributed by atoms with van der Waals surface area (Å²) in [6, 6.07) is 0. The van der Waals surface area contributed by atoms with Crippen molar-refractivity contribution in [1.82, 2.24) is 0 Å². The van der Waals surface area contributed by atoms with Gasteiger partial charge in [0.15, 0.2) is 0 Å². The van der Waals surface area contributed by atoms with Gasteiger partial charge in [0.2, 0.25) is 0 Å². The minimum absolute atomic E-state index is 0.388. The van der Waals surface area contributed by atoms with Crippen molar-refractivity contribution < 1.29 is 5.11 Å². The quantitative estimate of drug-likeness (QED) is 0.515. The maximum Gasteiger partial charge on any atom is 0.105 e. The van der Waals surface area contributed by atoms with Crippen molar-refractivity contribution in [3.63, 3.8) is 0 Å². The Bertz CT molecular complexity index is 77.0. The lowest BCUT2D eigenvalue weighted by Crippen LogP contribution is -2.30. The number of nitrogens with two attached hydrogens (primary N) is 1. The molecule has 0 aromatic carbocycles. The molecule has 0 spiro atoms. The van der Waals surface area contributed by atoms with Crippen molar-refractivity contribution in [2.75, 3.05) is 0 Å². The molecular weight excluding hydrogens is 114 g/mol. The number of aliphatic hydroxyl groups excluding tert-OH is 1. The van der Waals surface area contributed by atoms with Gasteiger partial charge in [-0.3, -0.25) is 0 Å². The lowest BCUT2D eigenvalue weighted by Gasteiger charge is -2.23. The zero-order chi connectivity index (χ0) is 6.69. The second kappa shape index (κ2) is 3.18. The Morgan fingerprint density at radius 1 is 1.22 bits per heavy atom. The molecular formula is C7H15NO. The first-order chi connectivity index (χ1) is 4.30. The van der Waals surface area contributed by atoms with Gasteiger partial charge in [0, 0.05) is 0 Å². The Hall–Kier alpha value is -0.0800. The van der Waals surface area contributed by atoms with Crippen LogP contribution in [0.2, 0.25) is 0 Å². The van der Waals surface area contributed by atoms with Crippen molar-refractivity contribution in [1.29, 1.82) is 0 Å². The highest BCUT2D eigenvalue weighted by molar-refractivity contribution is 4.68. The zero-order valence-corrected chi connectivity index (χ0v) is 5.71. The third kappa shape index (κ3) is 1.95. The Labute approximate surface area is 56.1 Å². The number of hydrogen-bond acceptors (Lipinski definition) is 2. The molecule has 9 heavy (non-hydrogen) atoms.